The van der Waals surface area contributed by atoms with Gasteiger partial charge in [-0.15, -0.1) is 0 Å². The number of carbonyl (C=O) groups excluding carboxylic acids is 2. The monoisotopic (exact) mass is 405 g/mol. The summed E-state index contributed by atoms with van der Waals surface area (Å²) >= 11 is 0. The van der Waals surface area contributed by atoms with Crippen LogP contribution in [0.25, 0.3) is 0 Å². The number of hydrogen-bond acceptors (Lipinski definition) is 5. The molecule has 1 fully saturated rings. The van der Waals surface area contributed by atoms with E-state index in [1.54, 1.807) is 6.92 Å². The molecule has 10 heteroatoms. The second kappa shape index (κ2) is 6.96. The van der Waals surface area contributed by atoms with Gasteiger partial charge in [-0.2, -0.15) is 0 Å². The smallest absolute Gasteiger partial charge is 0.276 e. The van der Waals surface area contributed by atoms with Gasteiger partial charge in [-0.05, 0) is 24.6 Å². The number of nitrogens with one attached hydrogen (secondary N) is 1. The molecule has 2 aliphatic rings. The van der Waals surface area contributed by atoms with Crippen molar-refractivity contribution in [1.82, 2.24) is 14.8 Å². The van der Waals surface area contributed by atoms with Crippen molar-refractivity contribution in [3.05, 3.63) is 63.1 Å². The van der Waals surface area contributed by atoms with Crippen molar-refractivity contribution in [2.24, 2.45) is 0 Å². The lowest BCUT2D eigenvalue weighted by atomic mass is 10.1. The van der Waals surface area contributed by atoms with E-state index in [0.717, 1.165) is 12.1 Å². The van der Waals surface area contributed by atoms with Gasteiger partial charge in [0.15, 0.2) is 29.3 Å². The van der Waals surface area contributed by atoms with Gasteiger partial charge in [-0.1, -0.05) is 6.07 Å². The predicted octanol–water partition coefficient (Wildman–Crippen LogP) is 0.963. The van der Waals surface area contributed by atoms with Crippen molar-refractivity contribution in [2.45, 2.75) is 32.3 Å². The Morgan fingerprint density at radius 2 is 2.07 bits per heavy atom. The number of rotatable bonds is 3. The molecular formula is C19H17F2N3O5. The third-order valence-corrected chi connectivity index (χ3v) is 5.04. The number of fused-ring (bicyclic) bond motifs is 2. The lowest BCUT2D eigenvalue weighted by molar-refractivity contribution is 0.00624. The van der Waals surface area contributed by atoms with E-state index >= 15 is 0 Å². The highest BCUT2D eigenvalue weighted by molar-refractivity contribution is 5.99. The average molecular weight is 405 g/mol. The Hall–Kier alpha value is -3.27. The Balaban J connectivity index is 1.61. The maximum atomic E-state index is 13.3. The summed E-state index contributed by atoms with van der Waals surface area (Å²) in [5.74, 6) is -4.25. The molecule has 2 N–H and O–H groups in total. The van der Waals surface area contributed by atoms with Gasteiger partial charge in [0.25, 0.3) is 11.8 Å². The van der Waals surface area contributed by atoms with Crippen LogP contribution in [0.5, 0.6) is 5.75 Å². The summed E-state index contributed by atoms with van der Waals surface area (Å²) in [4.78, 5) is 39.1. The molecule has 4 rings (SSSR count). The minimum absolute atomic E-state index is 0.155. The van der Waals surface area contributed by atoms with Crippen LogP contribution in [0.2, 0.25) is 0 Å². The third kappa shape index (κ3) is 3.15. The van der Waals surface area contributed by atoms with E-state index < -0.39 is 40.9 Å². The molecule has 3 heterocycles. The first-order chi connectivity index (χ1) is 13.8. The van der Waals surface area contributed by atoms with E-state index in [0.29, 0.717) is 12.2 Å². The number of aromatic hydroxyl groups is 1. The largest absolute Gasteiger partial charge is 0.503 e. The van der Waals surface area contributed by atoms with Crippen molar-refractivity contribution in [3.8, 4) is 5.75 Å². The molecule has 2 atom stereocenters. The Morgan fingerprint density at radius 1 is 1.31 bits per heavy atom. The topological polar surface area (TPSA) is 101 Å². The van der Waals surface area contributed by atoms with Crippen molar-refractivity contribution >= 4 is 11.8 Å². The van der Waals surface area contributed by atoms with Crippen LogP contribution in [0.15, 0.2) is 29.2 Å². The Kier molecular flexibility index (Phi) is 4.58. The summed E-state index contributed by atoms with van der Waals surface area (Å²) in [7, 11) is 0. The number of hydrogen-bond donors (Lipinski definition) is 2. The van der Waals surface area contributed by atoms with Crippen molar-refractivity contribution < 1.29 is 28.2 Å². The fraction of sp³-hybridized carbons (Fsp3) is 0.316. The maximum Gasteiger partial charge on any atom is 0.276 e. The summed E-state index contributed by atoms with van der Waals surface area (Å²) in [6.45, 7) is 2.12. The molecule has 2 aliphatic heterocycles. The number of carbonyl (C=O) groups is 2. The van der Waals surface area contributed by atoms with Crippen molar-refractivity contribution in [2.75, 3.05) is 6.61 Å². The number of halogens is 2. The number of amides is 2. The van der Waals surface area contributed by atoms with E-state index in [1.807, 2.05) is 0 Å². The molecule has 1 aromatic carbocycles. The molecule has 2 aromatic rings. The summed E-state index contributed by atoms with van der Waals surface area (Å²) in [6.07, 6.45) is 0.643. The molecule has 0 spiro atoms. The zero-order valence-electron chi connectivity index (χ0n) is 15.3. The van der Waals surface area contributed by atoms with Gasteiger partial charge in [-0.25, -0.2) is 8.78 Å². The van der Waals surface area contributed by atoms with E-state index in [-0.39, 0.29) is 30.4 Å². The van der Waals surface area contributed by atoms with Gasteiger partial charge in [0.2, 0.25) is 5.43 Å². The van der Waals surface area contributed by atoms with Crippen molar-refractivity contribution in [3.63, 3.8) is 0 Å². The summed E-state index contributed by atoms with van der Waals surface area (Å²) < 4.78 is 33.1. The number of nitrogens with zero attached hydrogens (tertiary/aromatic N) is 2. The summed E-state index contributed by atoms with van der Waals surface area (Å²) in [5.41, 5.74) is -1.26. The maximum absolute atomic E-state index is 13.3. The Labute approximate surface area is 163 Å². The number of ether oxygens (including phenoxy) is 1. The van der Waals surface area contributed by atoms with Crippen LogP contribution in [0.1, 0.15) is 33.3 Å². The first kappa shape index (κ1) is 19.1. The first-order valence-corrected chi connectivity index (χ1v) is 8.90. The van der Waals surface area contributed by atoms with E-state index in [9.17, 15) is 28.3 Å². The fourth-order valence-electron chi connectivity index (χ4n) is 3.56. The van der Waals surface area contributed by atoms with Crippen LogP contribution >= 0.6 is 0 Å². The minimum Gasteiger partial charge on any atom is -0.503 e. The van der Waals surface area contributed by atoms with Gasteiger partial charge in [0.1, 0.15) is 5.56 Å². The zero-order valence-corrected chi connectivity index (χ0v) is 15.3. The van der Waals surface area contributed by atoms with E-state index in [4.69, 9.17) is 4.74 Å². The van der Waals surface area contributed by atoms with Gasteiger partial charge in [0.05, 0.1) is 19.2 Å². The second-order valence-electron chi connectivity index (χ2n) is 7.00. The van der Waals surface area contributed by atoms with Gasteiger partial charge >= 0.3 is 0 Å². The molecule has 0 radical (unpaired) electrons. The van der Waals surface area contributed by atoms with Gasteiger partial charge in [0, 0.05) is 12.7 Å². The predicted molar refractivity (Wildman–Crippen MR) is 95.3 cm³/mol. The summed E-state index contributed by atoms with van der Waals surface area (Å²) in [5, 5.41) is 12.7. The molecule has 29 heavy (non-hydrogen) atoms. The lowest BCUT2D eigenvalue weighted by Gasteiger charge is -2.33. The Morgan fingerprint density at radius 3 is 2.79 bits per heavy atom. The first-order valence-electron chi connectivity index (χ1n) is 8.90. The molecular weight excluding hydrogens is 388 g/mol. The van der Waals surface area contributed by atoms with Crippen LogP contribution in [0.3, 0.4) is 0 Å². The van der Waals surface area contributed by atoms with Crippen LogP contribution in [0.4, 0.5) is 8.78 Å². The number of aromatic nitrogens is 1. The molecule has 152 valence electrons. The van der Waals surface area contributed by atoms with Crippen LogP contribution in [0, 0.1) is 11.6 Å². The molecule has 1 aromatic heterocycles. The average Bonchev–Trinajstić information content (AvgIpc) is 3.06. The van der Waals surface area contributed by atoms with Crippen molar-refractivity contribution in [1.29, 1.82) is 0 Å². The van der Waals surface area contributed by atoms with Crippen LogP contribution in [-0.4, -0.2) is 45.3 Å². The quantitative estimate of drug-likeness (QED) is 0.792. The highest BCUT2D eigenvalue weighted by atomic mass is 19.2. The van der Waals surface area contributed by atoms with Crippen LogP contribution < -0.4 is 10.7 Å². The minimum atomic E-state index is -1.06. The summed E-state index contributed by atoms with van der Waals surface area (Å²) in [6, 6.07) is 2.95. The van der Waals surface area contributed by atoms with Crippen LogP contribution in [-0.2, 0) is 17.8 Å². The highest BCUT2D eigenvalue weighted by Crippen LogP contribution is 2.29. The molecule has 2 amide bonds. The molecule has 0 saturated carbocycles. The number of pyridine rings is 1. The lowest BCUT2D eigenvalue weighted by Crippen LogP contribution is -2.49. The van der Waals surface area contributed by atoms with E-state index in [1.165, 1.54) is 21.7 Å². The second-order valence-corrected chi connectivity index (χ2v) is 7.00. The molecule has 0 unspecified atom stereocenters. The standard InChI is InChI=1S/C19H17F2N3O5/c1-9-8-29-14-7-23-6-11(16(25)17(26)15(23)19(28)24(9)14)18(27)22-5-10-2-3-12(20)13(21)4-10/h2-4,6,9,14,26H,5,7-8H2,1H3,(H,22,27)/t9-,14+/m0/s1. The third-order valence-electron chi connectivity index (χ3n) is 5.04. The Bertz CT molecular complexity index is 1080. The molecule has 1 saturated heterocycles. The zero-order chi connectivity index (χ0) is 20.9. The van der Waals surface area contributed by atoms with Gasteiger partial charge < -0.3 is 24.6 Å². The normalized spacial score (nSPS) is 20.4. The highest BCUT2D eigenvalue weighted by Gasteiger charge is 2.42. The number of benzene rings is 1. The SMILES string of the molecule is C[C@H]1CO[C@@H]2Cn3cc(C(=O)NCc4ccc(F)c(F)c4)c(=O)c(O)c3C(=O)N12. The van der Waals surface area contributed by atoms with Gasteiger partial charge in [-0.3, -0.25) is 14.4 Å². The molecule has 0 bridgehead atoms. The molecule has 0 aliphatic carbocycles. The van der Waals surface area contributed by atoms with E-state index in [2.05, 4.69) is 5.32 Å². The fourth-order valence-corrected chi connectivity index (χ4v) is 3.56. The molecule has 8 nitrogen and oxygen atoms in total.